The van der Waals surface area contributed by atoms with E-state index in [0.29, 0.717) is 12.3 Å². The highest BCUT2D eigenvalue weighted by Crippen LogP contribution is 2.20. The van der Waals surface area contributed by atoms with E-state index < -0.39 is 10.0 Å². The second-order valence-electron chi connectivity index (χ2n) is 4.91. The predicted octanol–water partition coefficient (Wildman–Crippen LogP) is 1.77. The van der Waals surface area contributed by atoms with E-state index in [1.807, 2.05) is 11.5 Å². The molecule has 0 fully saturated rings. The average molecular weight is 311 g/mol. The smallest absolute Gasteiger partial charge is 0.244 e. The van der Waals surface area contributed by atoms with Gasteiger partial charge in [0.1, 0.15) is 10.7 Å². The molecule has 2 N–H and O–H groups in total. The van der Waals surface area contributed by atoms with E-state index in [0.717, 1.165) is 18.7 Å². The van der Waals surface area contributed by atoms with E-state index in [1.54, 1.807) is 24.4 Å². The van der Waals surface area contributed by atoms with Gasteiger partial charge >= 0.3 is 0 Å². The Balaban J connectivity index is 2.26. The van der Waals surface area contributed by atoms with Crippen molar-refractivity contribution in [3.05, 3.63) is 42.1 Å². The Labute approximate surface area is 125 Å². The van der Waals surface area contributed by atoms with E-state index in [4.69, 9.17) is 10.2 Å². The van der Waals surface area contributed by atoms with Gasteiger partial charge in [-0.3, -0.25) is 0 Å². The number of sulfonamides is 1. The molecule has 0 aliphatic carbocycles. The number of furan rings is 1. The molecule has 116 valence electrons. The maximum atomic E-state index is 12.6. The van der Waals surface area contributed by atoms with Gasteiger partial charge in [0.05, 0.1) is 12.8 Å². The molecule has 21 heavy (non-hydrogen) atoms. The van der Waals surface area contributed by atoms with Crippen molar-refractivity contribution in [2.24, 2.45) is 5.73 Å². The first kappa shape index (κ1) is 15.8. The second kappa shape index (κ2) is 6.46. The molecule has 2 aromatic rings. The van der Waals surface area contributed by atoms with Crippen molar-refractivity contribution < 1.29 is 12.8 Å². The molecule has 0 saturated carbocycles. The number of aromatic nitrogens is 1. The van der Waals surface area contributed by atoms with Crippen LogP contribution in [0.1, 0.15) is 24.8 Å². The van der Waals surface area contributed by atoms with Crippen LogP contribution >= 0.6 is 0 Å². The first-order valence-electron chi connectivity index (χ1n) is 6.87. The van der Waals surface area contributed by atoms with Gasteiger partial charge in [-0.2, -0.15) is 4.31 Å². The van der Waals surface area contributed by atoms with Crippen molar-refractivity contribution in [2.75, 3.05) is 7.05 Å². The Bertz CT molecular complexity index is 674. The van der Waals surface area contributed by atoms with Crippen molar-refractivity contribution in [2.45, 2.75) is 37.9 Å². The molecule has 0 radical (unpaired) electrons. The third-order valence-corrected chi connectivity index (χ3v) is 5.07. The molecule has 7 heteroatoms. The van der Waals surface area contributed by atoms with Crippen LogP contribution in [-0.2, 0) is 29.7 Å². The lowest BCUT2D eigenvalue weighted by Crippen LogP contribution is -2.26. The summed E-state index contributed by atoms with van der Waals surface area (Å²) in [6, 6.07) is 5.13. The molecule has 2 heterocycles. The monoisotopic (exact) mass is 311 g/mol. The summed E-state index contributed by atoms with van der Waals surface area (Å²) in [5.41, 5.74) is 6.50. The zero-order chi connectivity index (χ0) is 15.5. The molecule has 0 aliphatic rings. The highest BCUT2D eigenvalue weighted by Gasteiger charge is 2.24. The highest BCUT2D eigenvalue weighted by molar-refractivity contribution is 7.89. The van der Waals surface area contributed by atoms with Gasteiger partial charge in [-0.1, -0.05) is 6.92 Å². The number of hydrogen-bond acceptors (Lipinski definition) is 4. The summed E-state index contributed by atoms with van der Waals surface area (Å²) in [4.78, 5) is 0.269. The summed E-state index contributed by atoms with van der Waals surface area (Å²) < 4.78 is 33.5. The Morgan fingerprint density at radius 3 is 2.76 bits per heavy atom. The van der Waals surface area contributed by atoms with Crippen molar-refractivity contribution in [1.82, 2.24) is 8.87 Å². The molecule has 0 unspecified atom stereocenters. The molecular weight excluding hydrogens is 290 g/mol. The third-order valence-electron chi connectivity index (χ3n) is 3.30. The lowest BCUT2D eigenvalue weighted by Gasteiger charge is -2.14. The minimum Gasteiger partial charge on any atom is -0.468 e. The summed E-state index contributed by atoms with van der Waals surface area (Å²) >= 11 is 0. The quantitative estimate of drug-likeness (QED) is 0.845. The minimum atomic E-state index is -3.55. The van der Waals surface area contributed by atoms with Gasteiger partial charge in [0.25, 0.3) is 0 Å². The highest BCUT2D eigenvalue weighted by atomic mass is 32.2. The number of hydrogen-bond donors (Lipinski definition) is 1. The standard InChI is InChI=1S/C14H21N3O3S/c1-3-6-17-11-14(8-12(17)9-15)21(18,19)16(2)10-13-5-4-7-20-13/h4-5,7-8,11H,3,6,9-10,15H2,1-2H3. The van der Waals surface area contributed by atoms with E-state index in [1.165, 1.54) is 17.6 Å². The molecule has 0 aliphatic heterocycles. The molecule has 0 amide bonds. The third kappa shape index (κ3) is 3.37. The average Bonchev–Trinajstić information content (AvgIpc) is 3.08. The number of rotatable bonds is 7. The van der Waals surface area contributed by atoms with E-state index >= 15 is 0 Å². The van der Waals surface area contributed by atoms with Crippen molar-refractivity contribution in [3.63, 3.8) is 0 Å². The van der Waals surface area contributed by atoms with Crippen LogP contribution < -0.4 is 5.73 Å². The Morgan fingerprint density at radius 1 is 1.43 bits per heavy atom. The fourth-order valence-electron chi connectivity index (χ4n) is 2.17. The van der Waals surface area contributed by atoms with E-state index in [-0.39, 0.29) is 11.4 Å². The zero-order valence-electron chi connectivity index (χ0n) is 12.3. The van der Waals surface area contributed by atoms with Gasteiger partial charge in [-0.05, 0) is 24.6 Å². The predicted molar refractivity (Wildman–Crippen MR) is 80.0 cm³/mol. The van der Waals surface area contributed by atoms with Crippen LogP contribution in [0.4, 0.5) is 0 Å². The van der Waals surface area contributed by atoms with Crippen LogP contribution in [0, 0.1) is 0 Å². The van der Waals surface area contributed by atoms with Crippen molar-refractivity contribution >= 4 is 10.0 Å². The SMILES string of the molecule is CCCn1cc(S(=O)(=O)N(C)Cc2ccco2)cc1CN. The summed E-state index contributed by atoms with van der Waals surface area (Å²) in [6.45, 7) is 3.31. The van der Waals surface area contributed by atoms with Crippen LogP contribution in [0.15, 0.2) is 40.0 Å². The summed E-state index contributed by atoms with van der Waals surface area (Å²) in [5.74, 6) is 0.605. The molecule has 0 saturated heterocycles. The molecule has 0 spiro atoms. The first-order chi connectivity index (χ1) is 9.98. The summed E-state index contributed by atoms with van der Waals surface area (Å²) in [5, 5.41) is 0. The second-order valence-corrected chi connectivity index (χ2v) is 6.95. The molecular formula is C14H21N3O3S. The van der Waals surface area contributed by atoms with Gasteiger partial charge in [0, 0.05) is 32.0 Å². The number of nitrogens with zero attached hydrogens (tertiary/aromatic N) is 2. The zero-order valence-corrected chi connectivity index (χ0v) is 13.1. The van der Waals surface area contributed by atoms with E-state index in [9.17, 15) is 8.42 Å². The Kier molecular flexibility index (Phi) is 4.87. The normalized spacial score (nSPS) is 12.2. The lowest BCUT2D eigenvalue weighted by molar-refractivity contribution is 0.406. The molecule has 2 aromatic heterocycles. The first-order valence-corrected chi connectivity index (χ1v) is 8.31. The largest absolute Gasteiger partial charge is 0.468 e. The Morgan fingerprint density at radius 2 is 2.19 bits per heavy atom. The maximum absolute atomic E-state index is 12.6. The van der Waals surface area contributed by atoms with E-state index in [2.05, 4.69) is 0 Å². The Hall–Kier alpha value is -1.57. The van der Waals surface area contributed by atoms with Gasteiger partial charge in [-0.15, -0.1) is 0 Å². The molecule has 0 aromatic carbocycles. The van der Waals surface area contributed by atoms with Crippen LogP contribution in [0.5, 0.6) is 0 Å². The van der Waals surface area contributed by atoms with Gasteiger partial charge in [0.15, 0.2) is 0 Å². The minimum absolute atomic E-state index is 0.201. The molecule has 0 atom stereocenters. The van der Waals surface area contributed by atoms with Crippen LogP contribution in [0.2, 0.25) is 0 Å². The lowest BCUT2D eigenvalue weighted by atomic mass is 10.4. The topological polar surface area (TPSA) is 81.5 Å². The van der Waals surface area contributed by atoms with Crippen LogP contribution in [0.3, 0.4) is 0 Å². The van der Waals surface area contributed by atoms with Gasteiger partial charge in [0.2, 0.25) is 10.0 Å². The number of aryl methyl sites for hydroxylation is 1. The van der Waals surface area contributed by atoms with Gasteiger partial charge < -0.3 is 14.7 Å². The fraction of sp³-hybridized carbons (Fsp3) is 0.429. The number of nitrogens with two attached hydrogens (primary N) is 1. The molecule has 2 rings (SSSR count). The molecule has 0 bridgehead atoms. The summed E-state index contributed by atoms with van der Waals surface area (Å²) in [6.07, 6.45) is 4.10. The fourth-order valence-corrected chi connectivity index (χ4v) is 3.38. The summed E-state index contributed by atoms with van der Waals surface area (Å²) in [7, 11) is -2.01. The van der Waals surface area contributed by atoms with Crippen molar-refractivity contribution in [3.8, 4) is 0 Å². The van der Waals surface area contributed by atoms with Crippen LogP contribution in [0.25, 0.3) is 0 Å². The van der Waals surface area contributed by atoms with Gasteiger partial charge in [-0.25, -0.2) is 8.42 Å². The van der Waals surface area contributed by atoms with Crippen LogP contribution in [-0.4, -0.2) is 24.3 Å². The maximum Gasteiger partial charge on any atom is 0.244 e. The van der Waals surface area contributed by atoms with Crippen molar-refractivity contribution in [1.29, 1.82) is 0 Å². The molecule has 6 nitrogen and oxygen atoms in total.